The van der Waals surface area contributed by atoms with Crippen LogP contribution in [0.5, 0.6) is 0 Å². The molecule has 3 aromatic rings. The third kappa shape index (κ3) is 4.25. The van der Waals surface area contributed by atoms with Crippen molar-refractivity contribution in [3.8, 4) is 0 Å². The zero-order valence-corrected chi connectivity index (χ0v) is 26.1. The smallest absolute Gasteiger partial charge is 0.375 e. The number of fused-ring (bicyclic) bond motifs is 6. The minimum Gasteiger partial charge on any atom is -0.457 e. The number of hydrogen-bond donors (Lipinski definition) is 1. The van der Waals surface area contributed by atoms with E-state index < -0.39 is 28.5 Å². The van der Waals surface area contributed by atoms with Gasteiger partial charge in [0.05, 0.1) is 28.3 Å². The Morgan fingerprint density at radius 2 is 2.02 bits per heavy atom. The van der Waals surface area contributed by atoms with Crippen LogP contribution in [-0.4, -0.2) is 45.1 Å². The molecule has 0 radical (unpaired) electrons. The molecule has 43 heavy (non-hydrogen) atoms. The van der Waals surface area contributed by atoms with Gasteiger partial charge < -0.3 is 14.3 Å². The van der Waals surface area contributed by atoms with E-state index in [1.807, 2.05) is 44.2 Å². The van der Waals surface area contributed by atoms with E-state index in [2.05, 4.69) is 6.92 Å². The number of aromatic nitrogens is 1. The van der Waals surface area contributed by atoms with Gasteiger partial charge in [0, 0.05) is 22.7 Å². The van der Waals surface area contributed by atoms with Gasteiger partial charge in [0.1, 0.15) is 0 Å². The van der Waals surface area contributed by atoms with Crippen molar-refractivity contribution in [2.24, 2.45) is 34.5 Å². The minimum absolute atomic E-state index is 0.00405. The van der Waals surface area contributed by atoms with Crippen molar-refractivity contribution in [1.29, 1.82) is 0 Å². The van der Waals surface area contributed by atoms with Gasteiger partial charge in [0.15, 0.2) is 21.5 Å². The van der Waals surface area contributed by atoms with E-state index in [0.717, 1.165) is 33.0 Å². The number of ether oxygens (including phenoxy) is 1. The number of thioether (sulfide) groups is 1. The average molecular weight is 618 g/mol. The molecule has 0 amide bonds. The summed E-state index contributed by atoms with van der Waals surface area (Å²) in [4.78, 5) is 45.1. The van der Waals surface area contributed by atoms with Crippen molar-refractivity contribution in [1.82, 2.24) is 4.98 Å². The van der Waals surface area contributed by atoms with Gasteiger partial charge in [0.2, 0.25) is 5.76 Å². The predicted octanol–water partition coefficient (Wildman–Crippen LogP) is 6.67. The Balaban J connectivity index is 1.26. The van der Waals surface area contributed by atoms with Crippen LogP contribution in [0.1, 0.15) is 57.0 Å². The molecule has 1 aromatic carbocycles. The van der Waals surface area contributed by atoms with Gasteiger partial charge >= 0.3 is 5.97 Å². The molecular weight excluding hydrogens is 583 g/mol. The molecule has 3 saturated carbocycles. The quantitative estimate of drug-likeness (QED) is 0.241. The molecule has 2 aromatic heterocycles. The number of furan rings is 1. The highest BCUT2D eigenvalue weighted by Crippen LogP contribution is 2.69. The normalized spacial score (nSPS) is 36.5. The van der Waals surface area contributed by atoms with Gasteiger partial charge in [0.25, 0.3) is 0 Å². The molecule has 3 fully saturated rings. The third-order valence-electron chi connectivity index (χ3n) is 11.0. The molecule has 0 aliphatic heterocycles. The van der Waals surface area contributed by atoms with Crippen molar-refractivity contribution >= 4 is 50.9 Å². The lowest BCUT2D eigenvalue weighted by atomic mass is 9.46. The summed E-state index contributed by atoms with van der Waals surface area (Å²) < 4.78 is 13.7. The summed E-state index contributed by atoms with van der Waals surface area (Å²) in [6.07, 6.45) is 8.62. The monoisotopic (exact) mass is 617 g/mol. The maximum absolute atomic E-state index is 14.6. The molecule has 7 nitrogen and oxygen atoms in total. The maximum atomic E-state index is 14.6. The van der Waals surface area contributed by atoms with E-state index in [-0.39, 0.29) is 46.8 Å². The first-order valence-electron chi connectivity index (χ1n) is 15.0. The number of hydrogen-bond acceptors (Lipinski definition) is 9. The van der Waals surface area contributed by atoms with E-state index in [1.54, 1.807) is 35.6 Å². The number of para-hydroxylation sites is 1. The highest BCUT2D eigenvalue weighted by atomic mass is 32.2. The number of ketones is 2. The van der Waals surface area contributed by atoms with E-state index >= 15 is 0 Å². The van der Waals surface area contributed by atoms with Crippen molar-refractivity contribution in [3.63, 3.8) is 0 Å². The number of carbonyl (C=O) groups is 3. The second-order valence-corrected chi connectivity index (χ2v) is 15.4. The lowest BCUT2D eigenvalue weighted by Crippen LogP contribution is -2.64. The molecule has 0 spiro atoms. The zero-order valence-electron chi connectivity index (χ0n) is 24.4. The van der Waals surface area contributed by atoms with Crippen LogP contribution < -0.4 is 0 Å². The summed E-state index contributed by atoms with van der Waals surface area (Å²) in [6.45, 7) is 6.19. The van der Waals surface area contributed by atoms with Gasteiger partial charge in [-0.25, -0.2) is 9.78 Å². The predicted molar refractivity (Wildman–Crippen MR) is 165 cm³/mol. The Labute approximate surface area is 258 Å². The Kier molecular flexibility index (Phi) is 6.87. The molecule has 0 saturated heterocycles. The van der Waals surface area contributed by atoms with Crippen LogP contribution in [0.2, 0.25) is 0 Å². The molecule has 9 heteroatoms. The number of esters is 1. The number of carbonyl (C=O) groups excluding carboxylic acids is 3. The van der Waals surface area contributed by atoms with Crippen LogP contribution in [0.4, 0.5) is 0 Å². The van der Waals surface area contributed by atoms with E-state index in [0.29, 0.717) is 12.8 Å². The highest BCUT2D eigenvalue weighted by Gasteiger charge is 2.72. The molecule has 1 N–H and O–H groups in total. The van der Waals surface area contributed by atoms with E-state index in [1.165, 1.54) is 18.0 Å². The number of nitrogens with zero attached hydrogens (tertiary/aromatic N) is 1. The topological polar surface area (TPSA) is 107 Å². The first-order chi connectivity index (χ1) is 20.6. The standard InChI is InChI=1S/C34H35NO6S2/c1-19-15-23-22-11-10-20-16-21(36)12-13-32(20,2)29(22)25(37)17-33(23,3)34(19,41-30(39)26-8-6-14-40-26)28(38)18-42-31-35-24-7-4-5-9-27(24)43-31/h4-9,12-14,16,19,22-23,25,29,37H,10-11,15,17-18H2,1-3H3/t19-,22?,23?,25+,29?,32?,33?,34+/m1/s1. The number of allylic oxidation sites excluding steroid dienone is 4. The number of thiazole rings is 1. The van der Waals surface area contributed by atoms with Crippen LogP contribution in [0.25, 0.3) is 10.2 Å². The van der Waals surface area contributed by atoms with Crippen molar-refractivity contribution in [2.45, 2.75) is 62.5 Å². The number of Topliss-reactive ketones (excluding diaryl/α,β-unsaturated/α-hetero) is 1. The third-order valence-corrected chi connectivity index (χ3v) is 13.2. The Bertz CT molecular complexity index is 1640. The van der Waals surface area contributed by atoms with E-state index in [4.69, 9.17) is 14.1 Å². The first kappa shape index (κ1) is 28.7. The zero-order chi connectivity index (χ0) is 30.1. The number of aliphatic hydroxyl groups is 1. The maximum Gasteiger partial charge on any atom is 0.375 e. The second-order valence-electron chi connectivity index (χ2n) is 13.1. The molecule has 5 unspecified atom stereocenters. The van der Waals surface area contributed by atoms with Gasteiger partial charge in [-0.2, -0.15) is 0 Å². The molecule has 4 aliphatic carbocycles. The van der Waals surface area contributed by atoms with Crippen molar-refractivity contribution in [3.05, 3.63) is 72.2 Å². The van der Waals surface area contributed by atoms with Crippen LogP contribution >= 0.6 is 23.1 Å². The summed E-state index contributed by atoms with van der Waals surface area (Å²) >= 11 is 2.92. The fourth-order valence-corrected chi connectivity index (χ4v) is 11.3. The summed E-state index contributed by atoms with van der Waals surface area (Å²) in [6, 6.07) is 11.1. The molecule has 2 heterocycles. The molecule has 224 valence electrons. The van der Waals surface area contributed by atoms with Gasteiger partial charge in [-0.05, 0) is 73.9 Å². The Hall–Kier alpha value is -3.01. The largest absolute Gasteiger partial charge is 0.457 e. The van der Waals surface area contributed by atoms with Gasteiger partial charge in [-0.3, -0.25) is 9.59 Å². The molecule has 8 atom stereocenters. The highest BCUT2D eigenvalue weighted by molar-refractivity contribution is 8.01. The minimum atomic E-state index is -1.45. The van der Waals surface area contributed by atoms with Gasteiger partial charge in [-0.1, -0.05) is 56.3 Å². The van der Waals surface area contributed by atoms with Crippen LogP contribution in [0.3, 0.4) is 0 Å². The number of aliphatic hydroxyl groups excluding tert-OH is 1. The summed E-state index contributed by atoms with van der Waals surface area (Å²) in [5, 5.41) is 12.0. The Morgan fingerprint density at radius 3 is 2.79 bits per heavy atom. The SMILES string of the molecule is C[C@@H]1CC2C3CCC4=CC(=O)C=CC4(C)C3[C@@H](O)CC2(C)[C@@]1(OC(=O)c1ccco1)C(=O)CSc1nc2ccccc2s1. The summed E-state index contributed by atoms with van der Waals surface area (Å²) in [5.74, 6) is -0.903. The number of benzene rings is 1. The van der Waals surface area contributed by atoms with Crippen LogP contribution in [-0.2, 0) is 14.3 Å². The lowest BCUT2D eigenvalue weighted by molar-refractivity contribution is -0.181. The summed E-state index contributed by atoms with van der Waals surface area (Å²) in [7, 11) is 0. The van der Waals surface area contributed by atoms with Crippen LogP contribution in [0, 0.1) is 34.5 Å². The van der Waals surface area contributed by atoms with Crippen molar-refractivity contribution in [2.75, 3.05) is 5.75 Å². The molecule has 0 bridgehead atoms. The second kappa shape index (κ2) is 10.3. The molecular formula is C34H35NO6S2. The fraction of sp³-hybridized carbons (Fsp3) is 0.471. The lowest BCUT2D eigenvalue weighted by Gasteiger charge is -2.60. The Morgan fingerprint density at radius 1 is 1.21 bits per heavy atom. The fourth-order valence-electron chi connectivity index (χ4n) is 9.25. The summed E-state index contributed by atoms with van der Waals surface area (Å²) in [5.41, 5.74) is -0.710. The molecule has 7 rings (SSSR count). The van der Waals surface area contributed by atoms with Crippen LogP contribution in [0.15, 0.2) is 75.2 Å². The van der Waals surface area contributed by atoms with E-state index in [9.17, 15) is 19.5 Å². The van der Waals surface area contributed by atoms with Crippen molar-refractivity contribution < 1.29 is 28.6 Å². The molecule has 4 aliphatic rings. The average Bonchev–Trinajstić information content (AvgIpc) is 3.70. The first-order valence-corrected chi connectivity index (χ1v) is 16.8. The van der Waals surface area contributed by atoms with Gasteiger partial charge in [-0.15, -0.1) is 11.3 Å². The number of rotatable bonds is 6.